The number of hydrogen-bond donors (Lipinski definition) is 1. The van der Waals surface area contributed by atoms with Crippen LogP contribution in [0.3, 0.4) is 0 Å². The molecule has 2 aromatic rings. The Balaban J connectivity index is 1.89. The normalized spacial score (nSPS) is 14.2. The molecule has 1 saturated carbocycles. The highest BCUT2D eigenvalue weighted by molar-refractivity contribution is 5.64. The Morgan fingerprint density at radius 3 is 2.81 bits per heavy atom. The van der Waals surface area contributed by atoms with Crippen molar-refractivity contribution < 1.29 is 4.74 Å². The SMILES string of the molecule is CCOc1ccccc1-c1nc(C)cc(CNC2CC2)n1. The highest BCUT2D eigenvalue weighted by atomic mass is 16.5. The van der Waals surface area contributed by atoms with Gasteiger partial charge in [0.2, 0.25) is 0 Å². The van der Waals surface area contributed by atoms with Gasteiger partial charge in [-0.2, -0.15) is 0 Å². The number of hydrogen-bond acceptors (Lipinski definition) is 4. The van der Waals surface area contributed by atoms with E-state index in [1.54, 1.807) is 0 Å². The van der Waals surface area contributed by atoms with E-state index in [1.807, 2.05) is 44.2 Å². The number of benzene rings is 1. The summed E-state index contributed by atoms with van der Waals surface area (Å²) in [6.45, 7) is 5.44. The Hall–Kier alpha value is -1.94. The topological polar surface area (TPSA) is 47.0 Å². The minimum absolute atomic E-state index is 0.638. The minimum Gasteiger partial charge on any atom is -0.493 e. The quantitative estimate of drug-likeness (QED) is 0.885. The lowest BCUT2D eigenvalue weighted by Crippen LogP contribution is -2.16. The van der Waals surface area contributed by atoms with Gasteiger partial charge in [-0.3, -0.25) is 0 Å². The Bertz CT molecular complexity index is 623. The predicted molar refractivity (Wildman–Crippen MR) is 83.2 cm³/mol. The molecule has 3 rings (SSSR count). The summed E-state index contributed by atoms with van der Waals surface area (Å²) in [4.78, 5) is 9.26. The zero-order valence-electron chi connectivity index (χ0n) is 12.6. The lowest BCUT2D eigenvalue weighted by atomic mass is 10.1. The fourth-order valence-corrected chi connectivity index (χ4v) is 2.31. The summed E-state index contributed by atoms with van der Waals surface area (Å²) in [6, 6.07) is 10.7. The molecule has 0 saturated heterocycles. The van der Waals surface area contributed by atoms with E-state index in [2.05, 4.69) is 10.3 Å². The fraction of sp³-hybridized carbons (Fsp3) is 0.412. The van der Waals surface area contributed by atoms with Gasteiger partial charge in [-0.25, -0.2) is 9.97 Å². The Morgan fingerprint density at radius 2 is 2.05 bits per heavy atom. The summed E-state index contributed by atoms with van der Waals surface area (Å²) >= 11 is 0. The van der Waals surface area contributed by atoms with Crippen LogP contribution in [0.2, 0.25) is 0 Å². The van der Waals surface area contributed by atoms with Crippen LogP contribution in [0.25, 0.3) is 11.4 Å². The monoisotopic (exact) mass is 283 g/mol. The molecule has 0 amide bonds. The number of ether oxygens (including phenoxy) is 1. The van der Waals surface area contributed by atoms with Gasteiger partial charge in [0.05, 0.1) is 17.9 Å². The predicted octanol–water partition coefficient (Wildman–Crippen LogP) is 3.10. The number of nitrogens with zero attached hydrogens (tertiary/aromatic N) is 2. The smallest absolute Gasteiger partial charge is 0.163 e. The fourth-order valence-electron chi connectivity index (χ4n) is 2.31. The van der Waals surface area contributed by atoms with Crippen molar-refractivity contribution in [2.24, 2.45) is 0 Å². The van der Waals surface area contributed by atoms with Crippen LogP contribution in [-0.4, -0.2) is 22.6 Å². The van der Waals surface area contributed by atoms with Crippen molar-refractivity contribution >= 4 is 0 Å². The van der Waals surface area contributed by atoms with Crippen molar-refractivity contribution in [3.63, 3.8) is 0 Å². The van der Waals surface area contributed by atoms with Crippen molar-refractivity contribution in [2.45, 2.75) is 39.3 Å². The van der Waals surface area contributed by atoms with Crippen LogP contribution in [0, 0.1) is 6.92 Å². The number of aryl methyl sites for hydroxylation is 1. The van der Waals surface area contributed by atoms with Crippen LogP contribution < -0.4 is 10.1 Å². The summed E-state index contributed by atoms with van der Waals surface area (Å²) in [5, 5.41) is 3.50. The van der Waals surface area contributed by atoms with Crippen LogP contribution in [0.1, 0.15) is 31.2 Å². The van der Waals surface area contributed by atoms with Crippen molar-refractivity contribution in [1.29, 1.82) is 0 Å². The molecule has 0 radical (unpaired) electrons. The van der Waals surface area contributed by atoms with Crippen LogP contribution in [0.5, 0.6) is 5.75 Å². The molecular formula is C17H21N3O. The van der Waals surface area contributed by atoms with Gasteiger partial charge in [0.25, 0.3) is 0 Å². The minimum atomic E-state index is 0.638. The molecule has 4 nitrogen and oxygen atoms in total. The molecule has 21 heavy (non-hydrogen) atoms. The third kappa shape index (κ3) is 3.58. The van der Waals surface area contributed by atoms with Gasteiger partial charge < -0.3 is 10.1 Å². The standard InChI is InChI=1S/C17H21N3O/c1-3-21-16-7-5-4-6-15(16)17-19-12(2)10-14(20-17)11-18-13-8-9-13/h4-7,10,13,18H,3,8-9,11H2,1-2H3. The van der Waals surface area contributed by atoms with Crippen LogP contribution >= 0.6 is 0 Å². The molecule has 0 atom stereocenters. The molecule has 1 heterocycles. The van der Waals surface area contributed by atoms with Gasteiger partial charge in [0, 0.05) is 18.3 Å². The summed E-state index contributed by atoms with van der Waals surface area (Å²) in [5.41, 5.74) is 2.98. The average Bonchev–Trinajstić information content (AvgIpc) is 3.30. The van der Waals surface area contributed by atoms with E-state index >= 15 is 0 Å². The molecule has 1 fully saturated rings. The first-order chi connectivity index (χ1) is 10.3. The number of aromatic nitrogens is 2. The van der Waals surface area contributed by atoms with E-state index in [0.29, 0.717) is 12.6 Å². The lowest BCUT2D eigenvalue weighted by molar-refractivity contribution is 0.341. The van der Waals surface area contributed by atoms with Crippen LogP contribution in [0.4, 0.5) is 0 Å². The Morgan fingerprint density at radius 1 is 1.24 bits per heavy atom. The second-order valence-electron chi connectivity index (χ2n) is 5.41. The summed E-state index contributed by atoms with van der Waals surface area (Å²) in [5.74, 6) is 1.58. The molecule has 4 heteroatoms. The highest BCUT2D eigenvalue weighted by Crippen LogP contribution is 2.27. The number of rotatable bonds is 6. The van der Waals surface area contributed by atoms with Crippen LogP contribution in [-0.2, 0) is 6.54 Å². The molecule has 1 aromatic heterocycles. The van der Waals surface area contributed by atoms with E-state index in [-0.39, 0.29) is 0 Å². The molecule has 1 aromatic carbocycles. The second kappa shape index (κ2) is 6.22. The van der Waals surface area contributed by atoms with Gasteiger partial charge in [0.15, 0.2) is 5.82 Å². The molecular weight excluding hydrogens is 262 g/mol. The summed E-state index contributed by atoms with van der Waals surface area (Å²) < 4.78 is 5.68. The van der Waals surface area contributed by atoms with Crippen molar-refractivity contribution in [3.8, 4) is 17.1 Å². The van der Waals surface area contributed by atoms with Gasteiger partial charge in [-0.05, 0) is 44.9 Å². The first-order valence-corrected chi connectivity index (χ1v) is 7.56. The lowest BCUT2D eigenvalue weighted by Gasteiger charge is -2.11. The zero-order chi connectivity index (χ0) is 14.7. The molecule has 1 aliphatic carbocycles. The van der Waals surface area contributed by atoms with E-state index in [0.717, 1.165) is 35.1 Å². The Kier molecular flexibility index (Phi) is 4.15. The molecule has 0 bridgehead atoms. The van der Waals surface area contributed by atoms with Crippen molar-refractivity contribution in [3.05, 3.63) is 41.7 Å². The van der Waals surface area contributed by atoms with E-state index in [9.17, 15) is 0 Å². The maximum Gasteiger partial charge on any atom is 0.163 e. The maximum atomic E-state index is 5.68. The van der Waals surface area contributed by atoms with Gasteiger partial charge in [-0.1, -0.05) is 12.1 Å². The summed E-state index contributed by atoms with van der Waals surface area (Å²) in [6.07, 6.45) is 2.56. The molecule has 1 N–H and O–H groups in total. The van der Waals surface area contributed by atoms with Crippen LogP contribution in [0.15, 0.2) is 30.3 Å². The molecule has 0 unspecified atom stereocenters. The molecule has 0 aliphatic heterocycles. The molecule has 1 aliphatic rings. The zero-order valence-corrected chi connectivity index (χ0v) is 12.6. The van der Waals surface area contributed by atoms with E-state index < -0.39 is 0 Å². The maximum absolute atomic E-state index is 5.68. The van der Waals surface area contributed by atoms with E-state index in [1.165, 1.54) is 12.8 Å². The van der Waals surface area contributed by atoms with E-state index in [4.69, 9.17) is 9.72 Å². The summed E-state index contributed by atoms with van der Waals surface area (Å²) in [7, 11) is 0. The third-order valence-electron chi connectivity index (χ3n) is 3.48. The van der Waals surface area contributed by atoms with Crippen molar-refractivity contribution in [2.75, 3.05) is 6.61 Å². The van der Waals surface area contributed by atoms with Gasteiger partial charge in [0.1, 0.15) is 5.75 Å². The third-order valence-corrected chi connectivity index (χ3v) is 3.48. The number of para-hydroxylation sites is 1. The largest absolute Gasteiger partial charge is 0.493 e. The average molecular weight is 283 g/mol. The Labute approximate surface area is 125 Å². The van der Waals surface area contributed by atoms with Crippen molar-refractivity contribution in [1.82, 2.24) is 15.3 Å². The molecule has 110 valence electrons. The number of nitrogens with one attached hydrogen (secondary N) is 1. The highest BCUT2D eigenvalue weighted by Gasteiger charge is 2.20. The molecule has 0 spiro atoms. The van der Waals surface area contributed by atoms with Gasteiger partial charge >= 0.3 is 0 Å². The van der Waals surface area contributed by atoms with Gasteiger partial charge in [-0.15, -0.1) is 0 Å². The first-order valence-electron chi connectivity index (χ1n) is 7.56. The second-order valence-corrected chi connectivity index (χ2v) is 5.41. The first kappa shape index (κ1) is 14.0.